The zero-order valence-electron chi connectivity index (χ0n) is 5.60. The Hall–Kier alpha value is -0.620. The second-order valence-corrected chi connectivity index (χ2v) is 2.23. The first-order chi connectivity index (χ1) is 3.68. The predicted octanol–water partition coefficient (Wildman–Crippen LogP) is 1.78. The van der Waals surface area contributed by atoms with Crippen LogP contribution < -0.4 is 0 Å². The van der Waals surface area contributed by atoms with Crippen molar-refractivity contribution in [1.82, 2.24) is 0 Å². The Morgan fingerprint density at radius 2 is 1.88 bits per heavy atom. The molecule has 1 unspecified atom stereocenters. The molecule has 46 valence electrons. The van der Waals surface area contributed by atoms with Gasteiger partial charge < -0.3 is 0 Å². The standard InChI is InChI=1S/C6H12N2/c1-5(2)6(3)8-4-7/h5-7H,1-3H3. The zero-order valence-corrected chi connectivity index (χ0v) is 5.60. The number of hydrogen-bond donors (Lipinski definition) is 1. The van der Waals surface area contributed by atoms with Gasteiger partial charge in [-0.3, -0.25) is 0 Å². The second-order valence-electron chi connectivity index (χ2n) is 2.23. The first-order valence-electron chi connectivity index (χ1n) is 2.80. The van der Waals surface area contributed by atoms with Gasteiger partial charge in [-0.25, -0.2) is 10.4 Å². The summed E-state index contributed by atoms with van der Waals surface area (Å²) in [7, 11) is 0. The highest BCUT2D eigenvalue weighted by Gasteiger charge is 2.01. The molecule has 0 fully saturated rings. The van der Waals surface area contributed by atoms with Crippen LogP contribution in [0, 0.1) is 11.3 Å². The van der Waals surface area contributed by atoms with Gasteiger partial charge in [-0.15, -0.1) is 0 Å². The Balaban J connectivity index is 3.63. The Bertz CT molecular complexity index is 101. The molecule has 0 saturated heterocycles. The number of hydrogen-bond acceptors (Lipinski definition) is 2. The molecular formula is C6H12N2. The van der Waals surface area contributed by atoms with Crippen LogP contribution in [-0.2, 0) is 0 Å². The fourth-order valence-corrected chi connectivity index (χ4v) is 0.251. The normalized spacial score (nSPS) is 13.0. The van der Waals surface area contributed by atoms with Crippen LogP contribution in [0.15, 0.2) is 4.99 Å². The molecular weight excluding hydrogens is 100 g/mol. The summed E-state index contributed by atoms with van der Waals surface area (Å²) >= 11 is 0. The molecule has 0 saturated carbocycles. The van der Waals surface area contributed by atoms with Crippen molar-refractivity contribution in [2.24, 2.45) is 10.9 Å². The molecule has 0 aliphatic heterocycles. The van der Waals surface area contributed by atoms with E-state index in [0.29, 0.717) is 5.92 Å². The number of nitrogens with zero attached hydrogens (tertiary/aromatic N) is 1. The first kappa shape index (κ1) is 7.38. The van der Waals surface area contributed by atoms with Crippen molar-refractivity contribution in [2.75, 3.05) is 0 Å². The molecule has 0 aliphatic carbocycles. The molecule has 0 amide bonds. The van der Waals surface area contributed by atoms with Crippen LogP contribution >= 0.6 is 0 Å². The number of rotatable bonds is 2. The van der Waals surface area contributed by atoms with Gasteiger partial charge in [0.25, 0.3) is 0 Å². The lowest BCUT2D eigenvalue weighted by atomic mass is 10.1. The SMILES string of the molecule is CC(C)C(C)N=C=N. The van der Waals surface area contributed by atoms with Gasteiger partial charge in [-0.1, -0.05) is 13.8 Å². The first-order valence-corrected chi connectivity index (χ1v) is 2.80. The van der Waals surface area contributed by atoms with Gasteiger partial charge in [0.1, 0.15) is 0 Å². The van der Waals surface area contributed by atoms with E-state index in [1.54, 1.807) is 0 Å². The van der Waals surface area contributed by atoms with E-state index < -0.39 is 0 Å². The van der Waals surface area contributed by atoms with Gasteiger partial charge >= 0.3 is 0 Å². The van der Waals surface area contributed by atoms with Gasteiger partial charge in [-0.05, 0) is 12.8 Å². The summed E-state index contributed by atoms with van der Waals surface area (Å²) in [5.41, 5.74) is 0. The van der Waals surface area contributed by atoms with E-state index in [0.717, 1.165) is 0 Å². The quantitative estimate of drug-likeness (QED) is 0.529. The average Bonchev–Trinajstić information content (AvgIpc) is 1.67. The van der Waals surface area contributed by atoms with E-state index in [1.807, 2.05) is 12.9 Å². The molecule has 0 aliphatic rings. The van der Waals surface area contributed by atoms with Gasteiger partial charge in [0.2, 0.25) is 0 Å². The molecule has 0 bridgehead atoms. The van der Waals surface area contributed by atoms with E-state index in [2.05, 4.69) is 18.8 Å². The van der Waals surface area contributed by atoms with Crippen LogP contribution in [0.1, 0.15) is 20.8 Å². The molecule has 0 aromatic heterocycles. The summed E-state index contributed by atoms with van der Waals surface area (Å²) in [5, 5.41) is 6.51. The molecule has 0 aromatic rings. The van der Waals surface area contributed by atoms with E-state index in [4.69, 9.17) is 5.41 Å². The van der Waals surface area contributed by atoms with Crippen molar-refractivity contribution in [3.63, 3.8) is 0 Å². The van der Waals surface area contributed by atoms with Crippen LogP contribution in [0.4, 0.5) is 0 Å². The second kappa shape index (κ2) is 3.39. The van der Waals surface area contributed by atoms with Crippen LogP contribution in [-0.4, -0.2) is 12.1 Å². The molecule has 8 heavy (non-hydrogen) atoms. The lowest BCUT2D eigenvalue weighted by molar-refractivity contribution is 0.533. The Kier molecular flexibility index (Phi) is 3.13. The molecule has 2 nitrogen and oxygen atoms in total. The summed E-state index contributed by atoms with van der Waals surface area (Å²) < 4.78 is 0. The maximum absolute atomic E-state index is 6.51. The van der Waals surface area contributed by atoms with Crippen molar-refractivity contribution < 1.29 is 0 Å². The lowest BCUT2D eigenvalue weighted by Gasteiger charge is -2.05. The van der Waals surface area contributed by atoms with Crippen molar-refractivity contribution in [3.05, 3.63) is 0 Å². The molecule has 0 heterocycles. The largest absolute Gasteiger partial charge is 0.242 e. The van der Waals surface area contributed by atoms with Gasteiger partial charge in [0, 0.05) is 0 Å². The van der Waals surface area contributed by atoms with E-state index in [9.17, 15) is 0 Å². The average molecular weight is 112 g/mol. The monoisotopic (exact) mass is 112 g/mol. The summed E-state index contributed by atoms with van der Waals surface area (Å²) in [5.74, 6) is 0.521. The van der Waals surface area contributed by atoms with Crippen LogP contribution in [0.2, 0.25) is 0 Å². The molecule has 0 radical (unpaired) electrons. The molecule has 0 aromatic carbocycles. The molecule has 0 spiro atoms. The third-order valence-corrected chi connectivity index (χ3v) is 1.23. The van der Waals surface area contributed by atoms with Crippen LogP contribution in [0.5, 0.6) is 0 Å². The third-order valence-electron chi connectivity index (χ3n) is 1.23. The fourth-order valence-electron chi connectivity index (χ4n) is 0.251. The van der Waals surface area contributed by atoms with E-state index in [-0.39, 0.29) is 6.04 Å². The minimum Gasteiger partial charge on any atom is -0.242 e. The molecule has 0 rings (SSSR count). The topological polar surface area (TPSA) is 36.2 Å². The molecule has 2 heteroatoms. The van der Waals surface area contributed by atoms with E-state index >= 15 is 0 Å². The third kappa shape index (κ3) is 2.54. The molecule has 1 atom stereocenters. The van der Waals surface area contributed by atoms with Crippen LogP contribution in [0.25, 0.3) is 0 Å². The maximum Gasteiger partial charge on any atom is 0.0864 e. The minimum absolute atomic E-state index is 0.243. The summed E-state index contributed by atoms with van der Waals surface area (Å²) in [4.78, 5) is 3.74. The Morgan fingerprint density at radius 3 is 2.00 bits per heavy atom. The Morgan fingerprint density at radius 1 is 1.38 bits per heavy atom. The fraction of sp³-hybridized carbons (Fsp3) is 0.833. The molecule has 1 N–H and O–H groups in total. The smallest absolute Gasteiger partial charge is 0.0864 e. The van der Waals surface area contributed by atoms with Gasteiger partial charge in [-0.2, -0.15) is 0 Å². The summed E-state index contributed by atoms with van der Waals surface area (Å²) in [6.45, 7) is 6.13. The van der Waals surface area contributed by atoms with Crippen molar-refractivity contribution >= 4 is 6.01 Å². The van der Waals surface area contributed by atoms with Gasteiger partial charge in [0.05, 0.1) is 12.1 Å². The van der Waals surface area contributed by atoms with E-state index in [1.165, 1.54) is 0 Å². The Labute approximate surface area is 50.1 Å². The van der Waals surface area contributed by atoms with Crippen molar-refractivity contribution in [2.45, 2.75) is 26.8 Å². The highest BCUT2D eigenvalue weighted by atomic mass is 14.8. The highest BCUT2D eigenvalue weighted by Crippen LogP contribution is 2.02. The van der Waals surface area contributed by atoms with Crippen LogP contribution in [0.3, 0.4) is 0 Å². The minimum atomic E-state index is 0.243. The van der Waals surface area contributed by atoms with Crippen molar-refractivity contribution in [3.8, 4) is 0 Å². The highest BCUT2D eigenvalue weighted by molar-refractivity contribution is 5.36. The number of nitrogens with one attached hydrogen (secondary N) is 1. The number of aliphatic imine (C=N–C) groups is 1. The zero-order chi connectivity index (χ0) is 6.57. The maximum atomic E-state index is 6.51. The van der Waals surface area contributed by atoms with Crippen molar-refractivity contribution in [1.29, 1.82) is 5.41 Å². The lowest BCUT2D eigenvalue weighted by Crippen LogP contribution is -2.05. The summed E-state index contributed by atoms with van der Waals surface area (Å²) in [6.07, 6.45) is 0. The summed E-state index contributed by atoms with van der Waals surface area (Å²) in [6, 6.07) is 2.27. The predicted molar refractivity (Wildman–Crippen MR) is 34.5 cm³/mol. The van der Waals surface area contributed by atoms with Gasteiger partial charge in [0.15, 0.2) is 0 Å².